The van der Waals surface area contributed by atoms with Gasteiger partial charge in [0.15, 0.2) is 5.16 Å². The van der Waals surface area contributed by atoms with Gasteiger partial charge < -0.3 is 14.8 Å². The summed E-state index contributed by atoms with van der Waals surface area (Å²) >= 11 is 1.60. The van der Waals surface area contributed by atoms with Gasteiger partial charge in [0.25, 0.3) is 5.91 Å². The molecule has 2 heterocycles. The number of aryl methyl sites for hydroxylation is 1. The maximum Gasteiger partial charge on any atom is 0.254 e. The third kappa shape index (κ3) is 5.41. The van der Waals surface area contributed by atoms with Gasteiger partial charge in [-0.05, 0) is 43.6 Å². The highest BCUT2D eigenvalue weighted by Gasteiger charge is 2.34. The van der Waals surface area contributed by atoms with Crippen LogP contribution < -0.4 is 5.32 Å². The van der Waals surface area contributed by atoms with Gasteiger partial charge in [-0.3, -0.25) is 9.59 Å². The quantitative estimate of drug-likeness (QED) is 0.490. The second-order valence-electron chi connectivity index (χ2n) is 8.02. The highest BCUT2D eigenvalue weighted by Crippen LogP contribution is 2.20. The highest BCUT2D eigenvalue weighted by molar-refractivity contribution is 7.98. The van der Waals surface area contributed by atoms with Crippen molar-refractivity contribution in [2.24, 2.45) is 5.92 Å². The number of aromatic nitrogens is 3. The summed E-state index contributed by atoms with van der Waals surface area (Å²) in [7, 11) is 0. The van der Waals surface area contributed by atoms with E-state index in [1.807, 2.05) is 24.5 Å². The zero-order valence-corrected chi connectivity index (χ0v) is 18.8. The number of rotatable bonds is 9. The van der Waals surface area contributed by atoms with Crippen molar-refractivity contribution in [2.75, 3.05) is 19.3 Å². The summed E-state index contributed by atoms with van der Waals surface area (Å²) in [6.07, 6.45) is 5.12. The van der Waals surface area contributed by atoms with Crippen LogP contribution in [0, 0.1) is 5.92 Å². The minimum Gasteiger partial charge on any atom is -0.354 e. The molecule has 0 spiro atoms. The molecule has 0 radical (unpaired) electrons. The van der Waals surface area contributed by atoms with E-state index in [0.717, 1.165) is 36.8 Å². The van der Waals surface area contributed by atoms with Gasteiger partial charge in [-0.2, -0.15) is 0 Å². The first-order valence-corrected chi connectivity index (χ1v) is 11.8. The number of amides is 2. The summed E-state index contributed by atoms with van der Waals surface area (Å²) in [5.41, 5.74) is 0.631. The Morgan fingerprint density at radius 2 is 2.00 bits per heavy atom. The number of likely N-dealkylation sites (tertiary alicyclic amines) is 1. The van der Waals surface area contributed by atoms with E-state index >= 15 is 0 Å². The van der Waals surface area contributed by atoms with Crippen LogP contribution >= 0.6 is 11.8 Å². The monoisotopic (exact) mass is 429 g/mol. The fourth-order valence-corrected chi connectivity index (χ4v) is 4.33. The number of carbonyl (C=O) groups is 2. The molecule has 1 aliphatic heterocycles. The van der Waals surface area contributed by atoms with Gasteiger partial charge in [-0.15, -0.1) is 10.2 Å². The fourth-order valence-electron chi connectivity index (χ4n) is 3.81. The van der Waals surface area contributed by atoms with Crippen LogP contribution in [-0.2, 0) is 17.8 Å². The van der Waals surface area contributed by atoms with Crippen molar-refractivity contribution in [3.63, 3.8) is 0 Å². The van der Waals surface area contributed by atoms with E-state index in [0.29, 0.717) is 31.0 Å². The molecule has 1 aromatic carbocycles. The first kappa shape index (κ1) is 22.3. The van der Waals surface area contributed by atoms with E-state index in [1.165, 1.54) is 0 Å². The Kier molecular flexibility index (Phi) is 7.90. The molecule has 0 saturated carbocycles. The summed E-state index contributed by atoms with van der Waals surface area (Å²) in [4.78, 5) is 27.2. The number of nitrogens with one attached hydrogen (secondary N) is 1. The summed E-state index contributed by atoms with van der Waals surface area (Å²) in [6.45, 7) is 6.44. The molecule has 8 heteroatoms. The van der Waals surface area contributed by atoms with Crippen molar-refractivity contribution in [2.45, 2.75) is 57.3 Å². The van der Waals surface area contributed by atoms with Crippen molar-refractivity contribution >= 4 is 23.6 Å². The Labute approximate surface area is 182 Å². The van der Waals surface area contributed by atoms with Crippen LogP contribution in [0.25, 0.3) is 0 Å². The molecule has 30 heavy (non-hydrogen) atoms. The molecular formula is C22H31N5O2S. The first-order valence-electron chi connectivity index (χ1n) is 10.6. The topological polar surface area (TPSA) is 80.1 Å². The maximum atomic E-state index is 12.8. The lowest BCUT2D eigenvalue weighted by molar-refractivity contribution is -0.124. The second-order valence-corrected chi connectivity index (χ2v) is 8.80. The van der Waals surface area contributed by atoms with Gasteiger partial charge in [0.1, 0.15) is 11.9 Å². The van der Waals surface area contributed by atoms with Crippen LogP contribution in [-0.4, -0.2) is 56.9 Å². The van der Waals surface area contributed by atoms with Crippen LogP contribution in [0.1, 0.15) is 49.3 Å². The molecule has 0 bridgehead atoms. The average Bonchev–Trinajstić information content (AvgIpc) is 3.38. The number of hydrogen-bond donors (Lipinski definition) is 1. The Balaban J connectivity index is 1.51. The molecule has 162 valence electrons. The van der Waals surface area contributed by atoms with E-state index < -0.39 is 0 Å². The largest absolute Gasteiger partial charge is 0.354 e. The van der Waals surface area contributed by atoms with Crippen LogP contribution in [0.3, 0.4) is 0 Å². The van der Waals surface area contributed by atoms with E-state index in [9.17, 15) is 9.59 Å². The third-order valence-corrected chi connectivity index (χ3v) is 5.90. The number of carbonyl (C=O) groups excluding carboxylic acids is 2. The molecule has 3 rings (SSSR count). The van der Waals surface area contributed by atoms with Gasteiger partial charge in [0.05, 0.1) is 0 Å². The molecule has 2 aromatic rings. The van der Waals surface area contributed by atoms with E-state index in [4.69, 9.17) is 0 Å². The minimum atomic E-state index is -0.384. The van der Waals surface area contributed by atoms with Crippen LogP contribution in [0.4, 0.5) is 0 Å². The van der Waals surface area contributed by atoms with Crippen molar-refractivity contribution in [3.05, 3.63) is 41.7 Å². The average molecular weight is 430 g/mol. The summed E-state index contributed by atoms with van der Waals surface area (Å²) < 4.78 is 2.17. The number of nitrogens with zero attached hydrogens (tertiary/aromatic N) is 4. The molecule has 1 fully saturated rings. The molecule has 2 amide bonds. The number of hydrogen-bond acceptors (Lipinski definition) is 5. The van der Waals surface area contributed by atoms with Crippen LogP contribution in [0.15, 0.2) is 35.5 Å². The number of thioether (sulfide) groups is 1. The summed E-state index contributed by atoms with van der Waals surface area (Å²) in [5, 5.41) is 12.5. The lowest BCUT2D eigenvalue weighted by Gasteiger charge is -2.24. The number of benzene rings is 1. The molecule has 1 aromatic heterocycles. The first-order chi connectivity index (χ1) is 14.5. The Morgan fingerprint density at radius 3 is 2.70 bits per heavy atom. The molecule has 1 aliphatic rings. The zero-order valence-electron chi connectivity index (χ0n) is 18.0. The normalized spacial score (nSPS) is 16.3. The molecule has 1 unspecified atom stereocenters. The van der Waals surface area contributed by atoms with Gasteiger partial charge in [-0.25, -0.2) is 0 Å². The maximum absolute atomic E-state index is 12.8. The van der Waals surface area contributed by atoms with E-state index in [2.05, 4.69) is 33.9 Å². The van der Waals surface area contributed by atoms with Crippen LogP contribution in [0.5, 0.6) is 0 Å². The third-order valence-electron chi connectivity index (χ3n) is 5.24. The standard InChI is InChI=1S/C22H31N5O2S/c1-16(2)15-27-19(24-25-22(27)30-3)12-7-13-23-20(28)18-11-8-14-26(18)21(29)17-9-5-4-6-10-17/h4-6,9-10,16,18H,7-8,11-15H2,1-3H3,(H,23,28). The lowest BCUT2D eigenvalue weighted by Crippen LogP contribution is -2.46. The Bertz CT molecular complexity index is 852. The van der Waals surface area contributed by atoms with Crippen molar-refractivity contribution < 1.29 is 9.59 Å². The van der Waals surface area contributed by atoms with Gasteiger partial charge in [0.2, 0.25) is 5.91 Å². The summed E-state index contributed by atoms with van der Waals surface area (Å²) in [5.74, 6) is 1.34. The molecular weight excluding hydrogens is 398 g/mol. The highest BCUT2D eigenvalue weighted by atomic mass is 32.2. The Morgan fingerprint density at radius 1 is 1.23 bits per heavy atom. The van der Waals surface area contributed by atoms with Crippen molar-refractivity contribution in [1.82, 2.24) is 25.0 Å². The minimum absolute atomic E-state index is 0.0646. The molecule has 7 nitrogen and oxygen atoms in total. The zero-order chi connectivity index (χ0) is 21.5. The second kappa shape index (κ2) is 10.6. The lowest BCUT2D eigenvalue weighted by atomic mass is 10.1. The predicted octanol–water partition coefficient (Wildman–Crippen LogP) is 3.01. The SMILES string of the molecule is CSc1nnc(CCCNC(=O)C2CCCN2C(=O)c2ccccc2)n1CC(C)C. The van der Waals surface area contributed by atoms with E-state index in [1.54, 1.807) is 28.8 Å². The van der Waals surface area contributed by atoms with Crippen molar-refractivity contribution in [1.29, 1.82) is 0 Å². The van der Waals surface area contributed by atoms with Gasteiger partial charge in [-0.1, -0.05) is 43.8 Å². The predicted molar refractivity (Wildman–Crippen MR) is 118 cm³/mol. The fraction of sp³-hybridized carbons (Fsp3) is 0.545. The Hall–Kier alpha value is -2.35. The molecule has 1 saturated heterocycles. The van der Waals surface area contributed by atoms with Gasteiger partial charge in [0, 0.05) is 31.6 Å². The summed E-state index contributed by atoms with van der Waals surface area (Å²) in [6, 6.07) is 8.79. The molecule has 1 atom stereocenters. The smallest absolute Gasteiger partial charge is 0.254 e. The van der Waals surface area contributed by atoms with Crippen LogP contribution in [0.2, 0.25) is 0 Å². The van der Waals surface area contributed by atoms with Gasteiger partial charge >= 0.3 is 0 Å². The molecule has 1 N–H and O–H groups in total. The van der Waals surface area contributed by atoms with E-state index in [-0.39, 0.29) is 17.9 Å². The van der Waals surface area contributed by atoms with Crippen molar-refractivity contribution in [3.8, 4) is 0 Å². The molecule has 0 aliphatic carbocycles.